The van der Waals surface area contributed by atoms with Gasteiger partial charge in [-0.2, -0.15) is 0 Å². The van der Waals surface area contributed by atoms with Gasteiger partial charge >= 0.3 is 0 Å². The van der Waals surface area contributed by atoms with Crippen molar-refractivity contribution in [2.45, 2.75) is 13.8 Å². The molecule has 4 heteroatoms. The van der Waals surface area contributed by atoms with Gasteiger partial charge < -0.3 is 9.80 Å². The Balaban J connectivity index is 2.10. The number of hydrogen-bond donors (Lipinski definition) is 1. The topological polar surface area (TPSA) is 6.48 Å². The lowest BCUT2D eigenvalue weighted by Crippen LogP contribution is -2.47. The molecule has 92 valence electrons. The summed E-state index contributed by atoms with van der Waals surface area (Å²) < 4.78 is 0.714. The Labute approximate surface area is 114 Å². The zero-order chi connectivity index (χ0) is 12.4. The number of rotatable bonds is 1. The zero-order valence-corrected chi connectivity index (χ0v) is 12.0. The number of hydrogen-bond acceptors (Lipinski definition) is 2. The van der Waals surface area contributed by atoms with Gasteiger partial charge in [0.1, 0.15) is 4.32 Å². The molecule has 0 aromatic heterocycles. The van der Waals surface area contributed by atoms with Crippen molar-refractivity contribution in [2.75, 3.05) is 31.1 Å². The first-order valence-corrected chi connectivity index (χ1v) is 6.74. The lowest BCUT2D eigenvalue weighted by atomic mass is 10.1. The first-order valence-electron chi connectivity index (χ1n) is 5.88. The predicted octanol–water partition coefficient (Wildman–Crippen LogP) is 2.64. The monoisotopic (exact) mass is 266 g/mol. The molecule has 1 aromatic carbocycles. The Morgan fingerprint density at radius 3 is 2.41 bits per heavy atom. The van der Waals surface area contributed by atoms with Crippen LogP contribution >= 0.6 is 24.8 Å². The molecule has 0 bridgehead atoms. The second-order valence-electron chi connectivity index (χ2n) is 4.48. The van der Waals surface area contributed by atoms with Gasteiger partial charge in [0.2, 0.25) is 0 Å². The van der Waals surface area contributed by atoms with Crippen molar-refractivity contribution in [1.29, 1.82) is 0 Å². The van der Waals surface area contributed by atoms with E-state index in [0.29, 0.717) is 4.32 Å². The van der Waals surface area contributed by atoms with Crippen LogP contribution in [0, 0.1) is 13.8 Å². The van der Waals surface area contributed by atoms with Crippen molar-refractivity contribution >= 4 is 34.9 Å². The van der Waals surface area contributed by atoms with E-state index in [-0.39, 0.29) is 0 Å². The molecular weight excluding hydrogens is 248 g/mol. The van der Waals surface area contributed by atoms with Crippen LogP contribution in [-0.4, -0.2) is 35.4 Å². The molecular formula is C13H18N2S2. The highest BCUT2D eigenvalue weighted by atomic mass is 32.1. The Bertz CT molecular complexity index is 423. The van der Waals surface area contributed by atoms with E-state index < -0.39 is 0 Å². The van der Waals surface area contributed by atoms with Crippen molar-refractivity contribution in [1.82, 2.24) is 4.90 Å². The van der Waals surface area contributed by atoms with Crippen LogP contribution in [0.5, 0.6) is 0 Å². The molecule has 2 nitrogen and oxygen atoms in total. The standard InChI is InChI=1S/C13H18N2S2/c1-10-4-3-5-12(11(10)2)14-6-8-15(9-7-14)13(16)17/h3-5H,6-9H2,1-2H3,(H,16,17). The van der Waals surface area contributed by atoms with E-state index in [1.807, 2.05) is 0 Å². The van der Waals surface area contributed by atoms with Crippen molar-refractivity contribution in [2.24, 2.45) is 0 Å². The summed E-state index contributed by atoms with van der Waals surface area (Å²) >= 11 is 9.32. The second kappa shape index (κ2) is 5.27. The first kappa shape index (κ1) is 12.7. The van der Waals surface area contributed by atoms with Crippen LogP contribution in [0.3, 0.4) is 0 Å². The molecule has 0 N–H and O–H groups in total. The van der Waals surface area contributed by atoms with Gasteiger partial charge in [0, 0.05) is 31.9 Å². The maximum Gasteiger partial charge on any atom is 0.133 e. The van der Waals surface area contributed by atoms with Crippen LogP contribution in [0.1, 0.15) is 11.1 Å². The number of piperazine rings is 1. The van der Waals surface area contributed by atoms with Gasteiger partial charge in [-0.25, -0.2) is 0 Å². The molecule has 0 atom stereocenters. The highest BCUT2D eigenvalue weighted by Gasteiger charge is 2.18. The lowest BCUT2D eigenvalue weighted by Gasteiger charge is -2.37. The molecule has 0 spiro atoms. The van der Waals surface area contributed by atoms with Crippen LogP contribution in [0.15, 0.2) is 18.2 Å². The minimum Gasteiger partial charge on any atom is -0.368 e. The van der Waals surface area contributed by atoms with Crippen LogP contribution in [0.2, 0.25) is 0 Å². The molecule has 2 rings (SSSR count). The molecule has 1 aliphatic rings. The molecule has 0 radical (unpaired) electrons. The van der Waals surface area contributed by atoms with Gasteiger partial charge in [-0.1, -0.05) is 24.4 Å². The Morgan fingerprint density at radius 1 is 1.18 bits per heavy atom. The van der Waals surface area contributed by atoms with Crippen molar-refractivity contribution in [3.05, 3.63) is 29.3 Å². The summed E-state index contributed by atoms with van der Waals surface area (Å²) in [7, 11) is 0. The van der Waals surface area contributed by atoms with Crippen LogP contribution in [0.4, 0.5) is 5.69 Å². The van der Waals surface area contributed by atoms with Crippen LogP contribution in [0.25, 0.3) is 0 Å². The van der Waals surface area contributed by atoms with E-state index in [9.17, 15) is 0 Å². The Hall–Kier alpha value is -0.740. The molecule has 17 heavy (non-hydrogen) atoms. The largest absolute Gasteiger partial charge is 0.368 e. The van der Waals surface area contributed by atoms with Gasteiger partial charge in [0.15, 0.2) is 0 Å². The van der Waals surface area contributed by atoms with E-state index in [2.05, 4.69) is 54.5 Å². The molecule has 0 amide bonds. The van der Waals surface area contributed by atoms with E-state index in [4.69, 9.17) is 12.2 Å². The molecule has 0 aliphatic carbocycles. The summed E-state index contributed by atoms with van der Waals surface area (Å²) in [4.78, 5) is 4.59. The van der Waals surface area contributed by atoms with Crippen molar-refractivity contribution in [3.63, 3.8) is 0 Å². The number of thiol groups is 1. The van der Waals surface area contributed by atoms with Gasteiger partial charge in [-0.05, 0) is 31.0 Å². The predicted molar refractivity (Wildman–Crippen MR) is 81.3 cm³/mol. The number of nitrogens with zero attached hydrogens (tertiary/aromatic N) is 2. The third kappa shape index (κ3) is 2.75. The number of thiocarbonyl (C=S) groups is 1. The Kier molecular flexibility index (Phi) is 3.94. The molecule has 1 fully saturated rings. The lowest BCUT2D eigenvalue weighted by molar-refractivity contribution is 0.397. The maximum absolute atomic E-state index is 5.09. The second-order valence-corrected chi connectivity index (χ2v) is 5.59. The summed E-state index contributed by atoms with van der Waals surface area (Å²) in [5, 5.41) is 0. The molecule has 1 saturated heterocycles. The highest BCUT2D eigenvalue weighted by Crippen LogP contribution is 2.23. The van der Waals surface area contributed by atoms with Gasteiger partial charge in [0.05, 0.1) is 0 Å². The molecule has 1 aromatic rings. The maximum atomic E-state index is 5.09. The minimum absolute atomic E-state index is 0.714. The summed E-state index contributed by atoms with van der Waals surface area (Å²) in [5.74, 6) is 0. The summed E-state index contributed by atoms with van der Waals surface area (Å²) in [6.07, 6.45) is 0. The van der Waals surface area contributed by atoms with Crippen molar-refractivity contribution < 1.29 is 0 Å². The molecule has 1 heterocycles. The SMILES string of the molecule is Cc1cccc(N2CCN(C(=S)S)CC2)c1C. The average Bonchev–Trinajstić information content (AvgIpc) is 2.33. The minimum atomic E-state index is 0.714. The molecule has 1 aliphatic heterocycles. The fraction of sp³-hybridized carbons (Fsp3) is 0.462. The van der Waals surface area contributed by atoms with Crippen LogP contribution < -0.4 is 4.90 Å². The smallest absolute Gasteiger partial charge is 0.133 e. The summed E-state index contributed by atoms with van der Waals surface area (Å²) in [5.41, 5.74) is 4.10. The third-order valence-electron chi connectivity index (χ3n) is 3.47. The van der Waals surface area contributed by atoms with E-state index in [1.54, 1.807) is 0 Å². The zero-order valence-electron chi connectivity index (χ0n) is 10.3. The third-order valence-corrected chi connectivity index (χ3v) is 4.01. The molecule has 0 unspecified atom stereocenters. The number of benzene rings is 1. The fourth-order valence-electron chi connectivity index (χ4n) is 2.22. The highest BCUT2D eigenvalue weighted by molar-refractivity contribution is 8.10. The first-order chi connectivity index (χ1) is 8.09. The van der Waals surface area contributed by atoms with E-state index >= 15 is 0 Å². The summed E-state index contributed by atoms with van der Waals surface area (Å²) in [6.45, 7) is 8.33. The normalized spacial score (nSPS) is 16.2. The molecule has 0 saturated carbocycles. The fourth-order valence-corrected chi connectivity index (χ4v) is 2.60. The number of aryl methyl sites for hydroxylation is 1. The van der Waals surface area contributed by atoms with Gasteiger partial charge in [0.25, 0.3) is 0 Å². The van der Waals surface area contributed by atoms with Crippen molar-refractivity contribution in [3.8, 4) is 0 Å². The Morgan fingerprint density at radius 2 is 1.82 bits per heavy atom. The quantitative estimate of drug-likeness (QED) is 0.617. The number of anilines is 1. The van der Waals surface area contributed by atoms with Gasteiger partial charge in [-0.15, -0.1) is 12.6 Å². The summed E-state index contributed by atoms with van der Waals surface area (Å²) in [6, 6.07) is 6.50. The van der Waals surface area contributed by atoms with E-state index in [0.717, 1.165) is 26.2 Å². The van der Waals surface area contributed by atoms with E-state index in [1.165, 1.54) is 16.8 Å². The average molecular weight is 266 g/mol. The van der Waals surface area contributed by atoms with Gasteiger partial charge in [-0.3, -0.25) is 0 Å². The van der Waals surface area contributed by atoms with Crippen LogP contribution in [-0.2, 0) is 0 Å².